The third-order valence-electron chi connectivity index (χ3n) is 6.05. The van der Waals surface area contributed by atoms with E-state index >= 15 is 0 Å². The van der Waals surface area contributed by atoms with Gasteiger partial charge in [0, 0.05) is 5.92 Å². The van der Waals surface area contributed by atoms with Crippen LogP contribution in [0.3, 0.4) is 0 Å². The molecule has 1 N–H and O–H groups in total. The highest BCUT2D eigenvalue weighted by atomic mass is 31.1. The summed E-state index contributed by atoms with van der Waals surface area (Å²) in [7, 11) is 2.80. The molecule has 144 valence electrons. The molecule has 0 aliphatic carbocycles. The Labute approximate surface area is 159 Å². The zero-order valence-electron chi connectivity index (χ0n) is 16.1. The van der Waals surface area contributed by atoms with Gasteiger partial charge in [-0.15, -0.1) is 0 Å². The van der Waals surface area contributed by atoms with Crippen molar-refractivity contribution in [2.75, 3.05) is 0 Å². The van der Waals surface area contributed by atoms with E-state index in [2.05, 4.69) is 25.8 Å². The van der Waals surface area contributed by atoms with Crippen LogP contribution in [-0.4, -0.2) is 57.0 Å². The second kappa shape index (κ2) is 8.50. The molecule has 2 heterocycles. The second-order valence-electron chi connectivity index (χ2n) is 7.09. The largest absolute Gasteiger partial charge is 0.431 e. The van der Waals surface area contributed by atoms with Gasteiger partial charge >= 0.3 is 5.97 Å². The number of nitrogens with one attached hydrogen (secondary N) is 1. The normalized spacial score (nSPS) is 29.8. The topological polar surface area (TPSA) is 84.9 Å². The van der Waals surface area contributed by atoms with Crippen molar-refractivity contribution < 1.29 is 23.3 Å². The SMILES string of the molecule is [B]NPOC(=O)C1C(=O)[C@H](C)[C@@H]2[C@@H]([C@@H](C)O[Si](CC)(CC)CC)C(=O)N12. The summed E-state index contributed by atoms with van der Waals surface area (Å²) in [4.78, 5) is 41.1. The lowest BCUT2D eigenvalue weighted by molar-refractivity contribution is -0.169. The number of ketones is 1. The maximum Gasteiger partial charge on any atom is 0.340 e. The van der Waals surface area contributed by atoms with Crippen molar-refractivity contribution in [1.82, 2.24) is 9.90 Å². The van der Waals surface area contributed by atoms with Gasteiger partial charge in [-0.05, 0) is 25.1 Å². The first kappa shape index (κ1) is 21.5. The average molecular weight is 398 g/mol. The van der Waals surface area contributed by atoms with Gasteiger partial charge in [0.2, 0.25) is 5.91 Å². The fourth-order valence-corrected chi connectivity index (χ4v) is 7.48. The Balaban J connectivity index is 2.15. The van der Waals surface area contributed by atoms with Gasteiger partial charge in [0.05, 0.1) is 18.1 Å². The highest BCUT2D eigenvalue weighted by Crippen LogP contribution is 2.45. The number of carbonyl (C=O) groups excluding carboxylic acids is 3. The molecule has 10 heteroatoms. The first-order chi connectivity index (χ1) is 12.3. The molecule has 0 aromatic heterocycles. The molecule has 2 radical (unpaired) electrons. The van der Waals surface area contributed by atoms with Gasteiger partial charge in [0.15, 0.2) is 28.1 Å². The van der Waals surface area contributed by atoms with Gasteiger partial charge in [-0.1, -0.05) is 27.7 Å². The van der Waals surface area contributed by atoms with Gasteiger partial charge < -0.3 is 18.8 Å². The molecule has 7 nitrogen and oxygen atoms in total. The van der Waals surface area contributed by atoms with Crippen molar-refractivity contribution in [2.45, 2.75) is 70.9 Å². The highest BCUT2D eigenvalue weighted by Gasteiger charge is 2.65. The summed E-state index contributed by atoms with van der Waals surface area (Å²) in [6.45, 7) is 10.1. The molecule has 26 heavy (non-hydrogen) atoms. The Morgan fingerprint density at radius 3 is 2.38 bits per heavy atom. The maximum atomic E-state index is 12.8. The van der Waals surface area contributed by atoms with Crippen LogP contribution in [0.4, 0.5) is 0 Å². The molecular weight excluding hydrogens is 370 g/mol. The van der Waals surface area contributed by atoms with E-state index in [1.807, 2.05) is 6.92 Å². The average Bonchev–Trinajstić information content (AvgIpc) is 2.86. The number of amides is 1. The smallest absolute Gasteiger partial charge is 0.340 e. The summed E-state index contributed by atoms with van der Waals surface area (Å²) in [5, 5.41) is 0. The molecule has 0 saturated carbocycles. The third-order valence-corrected chi connectivity index (χ3v) is 11.2. The Morgan fingerprint density at radius 1 is 1.31 bits per heavy atom. The van der Waals surface area contributed by atoms with E-state index < -0.39 is 35.2 Å². The molecule has 6 atom stereocenters. The molecule has 2 rings (SSSR count). The second-order valence-corrected chi connectivity index (χ2v) is 12.5. The molecule has 2 unspecified atom stereocenters. The van der Waals surface area contributed by atoms with E-state index in [0.717, 1.165) is 18.1 Å². The number of β-lactam (4-membered cyclic amide) rings is 1. The summed E-state index contributed by atoms with van der Waals surface area (Å²) >= 11 is 0. The van der Waals surface area contributed by atoms with Crippen LogP contribution < -0.4 is 5.00 Å². The van der Waals surface area contributed by atoms with E-state index in [-0.39, 0.29) is 29.8 Å². The number of hydrogen-bond acceptors (Lipinski definition) is 6. The molecule has 2 fully saturated rings. The predicted molar refractivity (Wildman–Crippen MR) is 103 cm³/mol. The highest BCUT2D eigenvalue weighted by molar-refractivity contribution is 7.32. The zero-order valence-corrected chi connectivity index (χ0v) is 18.1. The van der Waals surface area contributed by atoms with Gasteiger partial charge in [0.1, 0.15) is 8.96 Å². The predicted octanol–water partition coefficient (Wildman–Crippen LogP) is 1.54. The minimum absolute atomic E-state index is 0.197. The van der Waals surface area contributed by atoms with Crippen molar-refractivity contribution in [3.8, 4) is 0 Å². The molecule has 0 aromatic carbocycles. The molecule has 2 saturated heterocycles. The van der Waals surface area contributed by atoms with Crippen LogP contribution in [0.15, 0.2) is 0 Å². The first-order valence-corrected chi connectivity index (χ1v) is 12.7. The third kappa shape index (κ3) is 3.51. The van der Waals surface area contributed by atoms with Crippen molar-refractivity contribution in [2.24, 2.45) is 11.8 Å². The number of hydrogen-bond donors (Lipinski definition) is 1. The van der Waals surface area contributed by atoms with E-state index in [0.29, 0.717) is 0 Å². The van der Waals surface area contributed by atoms with Gasteiger partial charge in [-0.25, -0.2) is 4.79 Å². The number of Topliss-reactive ketones (excluding diaryl/α,β-unsaturated/α-hetero) is 1. The van der Waals surface area contributed by atoms with E-state index in [1.165, 1.54) is 4.90 Å². The van der Waals surface area contributed by atoms with Crippen LogP contribution >= 0.6 is 8.96 Å². The standard InChI is InChI=1S/C16H28BN2O5PSi/c1-6-26(7-2,8-3)24-10(5)11-12-9(4)14(20)13(19(12)15(11)21)16(22)23-25-18-17/h9-13,18,25H,6-8H2,1-5H3/t9-,10-,11-,12-,13?/m1/s1. The molecule has 2 aliphatic heterocycles. The van der Waals surface area contributed by atoms with Crippen LogP contribution in [0.2, 0.25) is 18.1 Å². The Morgan fingerprint density at radius 2 is 1.88 bits per heavy atom. The number of fused-ring (bicyclic) bond motifs is 1. The van der Waals surface area contributed by atoms with E-state index in [4.69, 9.17) is 16.9 Å². The van der Waals surface area contributed by atoms with Crippen LogP contribution in [0, 0.1) is 11.8 Å². The molecule has 1 amide bonds. The first-order valence-electron chi connectivity index (χ1n) is 9.23. The lowest BCUT2D eigenvalue weighted by Gasteiger charge is -2.49. The molecule has 0 bridgehead atoms. The van der Waals surface area contributed by atoms with Crippen molar-refractivity contribution >= 4 is 42.9 Å². The van der Waals surface area contributed by atoms with Crippen LogP contribution in [0.5, 0.6) is 0 Å². The Hall–Kier alpha value is -0.758. The summed E-state index contributed by atoms with van der Waals surface area (Å²) in [6.07, 6.45) is -0.257. The molecule has 2 aliphatic rings. The fourth-order valence-electron chi connectivity index (χ4n) is 4.27. The van der Waals surface area contributed by atoms with Gasteiger partial charge in [-0.2, -0.15) is 0 Å². The maximum absolute atomic E-state index is 12.8. The molecule has 0 aromatic rings. The monoisotopic (exact) mass is 398 g/mol. The van der Waals surface area contributed by atoms with Gasteiger partial charge in [0.25, 0.3) is 0 Å². The minimum Gasteiger partial charge on any atom is -0.431 e. The number of carbonyl (C=O) groups is 3. The Bertz CT molecular complexity index is 569. The molecular formula is C16H28BN2O5PSi. The van der Waals surface area contributed by atoms with Crippen molar-refractivity contribution in [3.63, 3.8) is 0 Å². The minimum atomic E-state index is -1.86. The number of rotatable bonds is 9. The van der Waals surface area contributed by atoms with Crippen LogP contribution in [-0.2, 0) is 23.3 Å². The summed E-state index contributed by atoms with van der Waals surface area (Å²) in [6, 6.07) is 1.54. The quantitative estimate of drug-likeness (QED) is 0.275. The van der Waals surface area contributed by atoms with Crippen molar-refractivity contribution in [1.29, 1.82) is 0 Å². The molecule has 0 spiro atoms. The van der Waals surface area contributed by atoms with Gasteiger partial charge in [-0.3, -0.25) is 9.59 Å². The Kier molecular flexibility index (Phi) is 7.05. The van der Waals surface area contributed by atoms with E-state index in [1.54, 1.807) is 6.92 Å². The summed E-state index contributed by atoms with van der Waals surface area (Å²) in [5.74, 6) is -1.97. The van der Waals surface area contributed by atoms with Crippen LogP contribution in [0.25, 0.3) is 0 Å². The van der Waals surface area contributed by atoms with Crippen LogP contribution in [0.1, 0.15) is 34.6 Å². The number of nitrogens with zero attached hydrogens (tertiary/aromatic N) is 1. The fraction of sp³-hybridized carbons (Fsp3) is 0.812. The van der Waals surface area contributed by atoms with Crippen molar-refractivity contribution in [3.05, 3.63) is 0 Å². The summed E-state index contributed by atoms with van der Waals surface area (Å²) < 4.78 is 11.4. The van der Waals surface area contributed by atoms with E-state index in [9.17, 15) is 14.4 Å². The lowest BCUT2D eigenvalue weighted by atomic mass is 9.79. The summed E-state index contributed by atoms with van der Waals surface area (Å²) in [5.41, 5.74) is 0. The zero-order chi connectivity index (χ0) is 19.6. The lowest BCUT2D eigenvalue weighted by Crippen LogP contribution is -2.66.